The first-order chi connectivity index (χ1) is 10.3. The van der Waals surface area contributed by atoms with Crippen molar-refractivity contribution in [2.24, 2.45) is 5.73 Å². The maximum absolute atomic E-state index is 12.3. The van der Waals surface area contributed by atoms with Crippen molar-refractivity contribution < 1.29 is 9.53 Å². The van der Waals surface area contributed by atoms with Crippen LogP contribution in [0.25, 0.3) is 0 Å². The van der Waals surface area contributed by atoms with Gasteiger partial charge in [-0.2, -0.15) is 0 Å². The zero-order valence-electron chi connectivity index (χ0n) is 11.9. The van der Waals surface area contributed by atoms with E-state index in [-0.39, 0.29) is 6.09 Å². The van der Waals surface area contributed by atoms with Crippen LogP contribution in [0.5, 0.6) is 5.75 Å². The van der Waals surface area contributed by atoms with E-state index in [1.54, 1.807) is 17.0 Å². The highest BCUT2D eigenvalue weighted by Gasteiger charge is 2.15. The van der Waals surface area contributed by atoms with Crippen LogP contribution < -0.4 is 10.5 Å². The summed E-state index contributed by atoms with van der Waals surface area (Å²) < 4.78 is 5.39. The van der Waals surface area contributed by atoms with Crippen LogP contribution in [0.2, 0.25) is 0 Å². The largest absolute Gasteiger partial charge is 0.415 e. The van der Waals surface area contributed by atoms with E-state index in [1.807, 2.05) is 48.5 Å². The van der Waals surface area contributed by atoms with Crippen molar-refractivity contribution in [3.05, 3.63) is 66.2 Å². The summed E-state index contributed by atoms with van der Waals surface area (Å²) in [5.41, 5.74) is 6.61. The van der Waals surface area contributed by atoms with E-state index in [1.165, 1.54) is 0 Å². The molecule has 0 atom stereocenters. The fourth-order valence-electron chi connectivity index (χ4n) is 1.97. The summed E-state index contributed by atoms with van der Waals surface area (Å²) in [7, 11) is 0. The Morgan fingerprint density at radius 2 is 1.62 bits per heavy atom. The average Bonchev–Trinajstić information content (AvgIpc) is 2.53. The Morgan fingerprint density at radius 1 is 1.00 bits per heavy atom. The van der Waals surface area contributed by atoms with E-state index in [9.17, 15) is 4.79 Å². The fourth-order valence-corrected chi connectivity index (χ4v) is 1.97. The van der Waals surface area contributed by atoms with Gasteiger partial charge in [0.15, 0.2) is 0 Å². The molecule has 110 valence electrons. The monoisotopic (exact) mass is 284 g/mol. The standard InChI is InChI=1S/C17H20N2O2/c18-12-7-13-19(14-15-8-3-1-4-9-15)17(20)21-16-10-5-2-6-11-16/h1-6,8-11H,7,12-14,18H2. The number of hydrogen-bond acceptors (Lipinski definition) is 3. The predicted octanol–water partition coefficient (Wildman–Crippen LogP) is 3.04. The molecular formula is C17H20N2O2. The van der Waals surface area contributed by atoms with Crippen LogP contribution in [0.1, 0.15) is 12.0 Å². The normalized spacial score (nSPS) is 10.1. The second-order valence-corrected chi connectivity index (χ2v) is 4.73. The van der Waals surface area contributed by atoms with Crippen molar-refractivity contribution in [1.29, 1.82) is 0 Å². The Kier molecular flexibility index (Phi) is 5.79. The van der Waals surface area contributed by atoms with Gasteiger partial charge in [-0.3, -0.25) is 0 Å². The molecule has 2 aromatic rings. The Balaban J connectivity index is 2.02. The van der Waals surface area contributed by atoms with E-state index in [4.69, 9.17) is 10.5 Å². The lowest BCUT2D eigenvalue weighted by Crippen LogP contribution is -2.34. The van der Waals surface area contributed by atoms with Gasteiger partial charge in [0.25, 0.3) is 0 Å². The molecule has 0 aromatic heterocycles. The molecule has 0 saturated carbocycles. The Labute approximate surface area is 125 Å². The number of carbonyl (C=O) groups is 1. The van der Waals surface area contributed by atoms with Crippen LogP contribution in [-0.4, -0.2) is 24.1 Å². The first-order valence-corrected chi connectivity index (χ1v) is 7.05. The lowest BCUT2D eigenvalue weighted by molar-refractivity contribution is 0.149. The van der Waals surface area contributed by atoms with Crippen molar-refractivity contribution in [3.8, 4) is 5.75 Å². The molecule has 4 heteroatoms. The molecule has 0 bridgehead atoms. The topological polar surface area (TPSA) is 55.6 Å². The van der Waals surface area contributed by atoms with Crippen molar-refractivity contribution in [1.82, 2.24) is 4.90 Å². The van der Waals surface area contributed by atoms with Crippen molar-refractivity contribution >= 4 is 6.09 Å². The summed E-state index contributed by atoms with van der Waals surface area (Å²) in [6, 6.07) is 18.9. The van der Waals surface area contributed by atoms with Crippen molar-refractivity contribution in [2.75, 3.05) is 13.1 Å². The third-order valence-corrected chi connectivity index (χ3v) is 3.05. The molecule has 0 unspecified atom stereocenters. The van der Waals surface area contributed by atoms with Crippen LogP contribution in [-0.2, 0) is 6.54 Å². The minimum Gasteiger partial charge on any atom is -0.410 e. The number of para-hydroxylation sites is 1. The molecule has 0 aliphatic carbocycles. The lowest BCUT2D eigenvalue weighted by atomic mass is 10.2. The molecule has 4 nitrogen and oxygen atoms in total. The van der Waals surface area contributed by atoms with Crippen molar-refractivity contribution in [3.63, 3.8) is 0 Å². The van der Waals surface area contributed by atoms with Crippen LogP contribution >= 0.6 is 0 Å². The van der Waals surface area contributed by atoms with Crippen LogP contribution in [0.15, 0.2) is 60.7 Å². The third kappa shape index (κ3) is 4.93. The number of nitrogens with two attached hydrogens (primary N) is 1. The molecule has 0 fully saturated rings. The van der Waals surface area contributed by atoms with Gasteiger partial charge in [0.2, 0.25) is 0 Å². The Hall–Kier alpha value is -2.33. The van der Waals surface area contributed by atoms with Gasteiger partial charge in [0, 0.05) is 13.1 Å². The van der Waals surface area contributed by atoms with Crippen LogP contribution in [0.4, 0.5) is 4.79 Å². The molecule has 0 aliphatic rings. The Bertz CT molecular complexity index is 543. The highest BCUT2D eigenvalue weighted by atomic mass is 16.6. The van der Waals surface area contributed by atoms with Crippen LogP contribution in [0, 0.1) is 0 Å². The van der Waals surface area contributed by atoms with Gasteiger partial charge in [-0.05, 0) is 30.7 Å². The zero-order valence-corrected chi connectivity index (χ0v) is 11.9. The highest BCUT2D eigenvalue weighted by Crippen LogP contribution is 2.12. The van der Waals surface area contributed by atoms with Crippen molar-refractivity contribution in [2.45, 2.75) is 13.0 Å². The summed E-state index contributed by atoms with van der Waals surface area (Å²) in [6.07, 6.45) is 0.398. The number of nitrogens with zero attached hydrogens (tertiary/aromatic N) is 1. The first-order valence-electron chi connectivity index (χ1n) is 7.05. The number of carbonyl (C=O) groups excluding carboxylic acids is 1. The van der Waals surface area contributed by atoms with E-state index >= 15 is 0 Å². The molecule has 0 aliphatic heterocycles. The molecule has 0 saturated heterocycles. The Morgan fingerprint density at radius 3 is 2.24 bits per heavy atom. The molecule has 2 N–H and O–H groups in total. The lowest BCUT2D eigenvalue weighted by Gasteiger charge is -2.22. The fraction of sp³-hybridized carbons (Fsp3) is 0.235. The zero-order chi connectivity index (χ0) is 14.9. The summed E-state index contributed by atoms with van der Waals surface area (Å²) in [5, 5.41) is 0. The SMILES string of the molecule is NCCCN(Cc1ccccc1)C(=O)Oc1ccccc1. The molecule has 2 rings (SSSR count). The van der Waals surface area contributed by atoms with E-state index in [0.717, 1.165) is 12.0 Å². The summed E-state index contributed by atoms with van der Waals surface area (Å²) in [4.78, 5) is 14.0. The summed E-state index contributed by atoms with van der Waals surface area (Å²) in [5.74, 6) is 0.549. The van der Waals surface area contributed by atoms with E-state index < -0.39 is 0 Å². The highest BCUT2D eigenvalue weighted by molar-refractivity contribution is 5.70. The quantitative estimate of drug-likeness (QED) is 0.887. The maximum atomic E-state index is 12.3. The molecule has 1 amide bonds. The van der Waals surface area contributed by atoms with E-state index in [2.05, 4.69) is 0 Å². The molecular weight excluding hydrogens is 264 g/mol. The average molecular weight is 284 g/mol. The smallest absolute Gasteiger partial charge is 0.410 e. The number of ether oxygens (including phenoxy) is 1. The first kappa shape index (κ1) is 15.1. The second-order valence-electron chi connectivity index (χ2n) is 4.73. The van der Waals surface area contributed by atoms with Gasteiger partial charge in [0.05, 0.1) is 0 Å². The van der Waals surface area contributed by atoms with Gasteiger partial charge in [-0.25, -0.2) is 4.79 Å². The number of amides is 1. The second kappa shape index (κ2) is 8.07. The summed E-state index contributed by atoms with van der Waals surface area (Å²) in [6.45, 7) is 1.65. The predicted molar refractivity (Wildman–Crippen MR) is 83.0 cm³/mol. The van der Waals surface area contributed by atoms with Gasteiger partial charge in [0.1, 0.15) is 5.75 Å². The molecule has 0 radical (unpaired) electrons. The molecule has 2 aromatic carbocycles. The molecule has 21 heavy (non-hydrogen) atoms. The minimum atomic E-state index is -0.349. The van der Waals surface area contributed by atoms with E-state index in [0.29, 0.717) is 25.4 Å². The minimum absolute atomic E-state index is 0.349. The number of rotatable bonds is 6. The summed E-state index contributed by atoms with van der Waals surface area (Å²) >= 11 is 0. The van der Waals surface area contributed by atoms with Crippen LogP contribution in [0.3, 0.4) is 0 Å². The molecule has 0 heterocycles. The number of hydrogen-bond donors (Lipinski definition) is 1. The number of benzene rings is 2. The molecule has 0 spiro atoms. The third-order valence-electron chi connectivity index (χ3n) is 3.05. The maximum Gasteiger partial charge on any atom is 0.415 e. The van der Waals surface area contributed by atoms with Gasteiger partial charge in [-0.1, -0.05) is 48.5 Å². The van der Waals surface area contributed by atoms with Gasteiger partial charge < -0.3 is 15.4 Å². The van der Waals surface area contributed by atoms with Gasteiger partial charge >= 0.3 is 6.09 Å². The van der Waals surface area contributed by atoms with Gasteiger partial charge in [-0.15, -0.1) is 0 Å².